The van der Waals surface area contributed by atoms with Gasteiger partial charge >= 0.3 is 0 Å². The van der Waals surface area contributed by atoms with Gasteiger partial charge in [-0.3, -0.25) is 0 Å². The van der Waals surface area contributed by atoms with E-state index in [2.05, 4.69) is 33.8 Å². The van der Waals surface area contributed by atoms with Gasteiger partial charge in [0.25, 0.3) is 0 Å². The number of aryl methyl sites for hydroxylation is 1. The molecule has 0 spiro atoms. The maximum atomic E-state index is 9.29. The summed E-state index contributed by atoms with van der Waals surface area (Å²) in [5.74, 6) is 1.55. The highest BCUT2D eigenvalue weighted by molar-refractivity contribution is 5.56. The lowest BCUT2D eigenvalue weighted by atomic mass is 10.1. The van der Waals surface area contributed by atoms with E-state index in [1.54, 1.807) is 0 Å². The Kier molecular flexibility index (Phi) is 2.44. The highest BCUT2D eigenvalue weighted by Crippen LogP contribution is 2.38. The Labute approximate surface area is 99.9 Å². The number of hydrogen-bond donors (Lipinski definition) is 1. The van der Waals surface area contributed by atoms with Crippen molar-refractivity contribution in [1.29, 1.82) is 0 Å². The van der Waals surface area contributed by atoms with Crippen LogP contribution in [0.5, 0.6) is 0 Å². The lowest BCUT2D eigenvalue weighted by Gasteiger charge is -2.08. The maximum Gasteiger partial charge on any atom is 0.164 e. The summed E-state index contributed by atoms with van der Waals surface area (Å²) in [6, 6.07) is 8.70. The standard InChI is InChI=1S/C13H15N3O/c1-9-3-2-4-10(7-9)13-15-14-12(8-17)16(13)11-5-6-11/h2-4,7,11,17H,5-6,8H2,1H3. The van der Waals surface area contributed by atoms with Crippen molar-refractivity contribution < 1.29 is 5.11 Å². The molecule has 1 aliphatic carbocycles. The number of rotatable bonds is 3. The minimum absolute atomic E-state index is 0.0463. The lowest BCUT2D eigenvalue weighted by Crippen LogP contribution is -2.03. The van der Waals surface area contributed by atoms with Crippen molar-refractivity contribution in [1.82, 2.24) is 14.8 Å². The summed E-state index contributed by atoms with van der Waals surface area (Å²) in [7, 11) is 0. The van der Waals surface area contributed by atoms with Crippen molar-refractivity contribution in [2.24, 2.45) is 0 Å². The van der Waals surface area contributed by atoms with Crippen LogP contribution in [-0.4, -0.2) is 19.9 Å². The predicted molar refractivity (Wildman–Crippen MR) is 64.4 cm³/mol. The Morgan fingerprint density at radius 2 is 2.18 bits per heavy atom. The van der Waals surface area contributed by atoms with Gasteiger partial charge in [0.2, 0.25) is 0 Å². The van der Waals surface area contributed by atoms with Crippen molar-refractivity contribution in [3.8, 4) is 11.4 Å². The quantitative estimate of drug-likeness (QED) is 0.876. The molecule has 1 aromatic carbocycles. The Balaban J connectivity index is 2.11. The van der Waals surface area contributed by atoms with Crippen LogP contribution in [0.25, 0.3) is 11.4 Å². The Bertz CT molecular complexity index is 543. The number of aliphatic hydroxyl groups excluding tert-OH is 1. The third-order valence-electron chi connectivity index (χ3n) is 3.10. The van der Waals surface area contributed by atoms with E-state index in [9.17, 15) is 5.11 Å². The molecule has 1 saturated carbocycles. The van der Waals surface area contributed by atoms with Crippen molar-refractivity contribution >= 4 is 0 Å². The molecule has 4 nitrogen and oxygen atoms in total. The van der Waals surface area contributed by atoms with Gasteiger partial charge in [-0.2, -0.15) is 0 Å². The SMILES string of the molecule is Cc1cccc(-c2nnc(CO)n2C2CC2)c1. The van der Waals surface area contributed by atoms with Gasteiger partial charge in [-0.05, 0) is 25.8 Å². The second-order valence-electron chi connectivity index (χ2n) is 4.57. The molecule has 0 aliphatic heterocycles. The van der Waals surface area contributed by atoms with Crippen LogP contribution in [-0.2, 0) is 6.61 Å². The highest BCUT2D eigenvalue weighted by Gasteiger charge is 2.29. The third kappa shape index (κ3) is 1.85. The van der Waals surface area contributed by atoms with Gasteiger partial charge in [-0.25, -0.2) is 0 Å². The fourth-order valence-electron chi connectivity index (χ4n) is 2.13. The third-order valence-corrected chi connectivity index (χ3v) is 3.10. The minimum atomic E-state index is -0.0463. The number of benzene rings is 1. The number of nitrogens with zero attached hydrogens (tertiary/aromatic N) is 3. The summed E-state index contributed by atoms with van der Waals surface area (Å²) < 4.78 is 2.08. The van der Waals surface area contributed by atoms with Crippen LogP contribution in [0.15, 0.2) is 24.3 Å². The molecule has 1 N–H and O–H groups in total. The molecular formula is C13H15N3O. The molecule has 4 heteroatoms. The van der Waals surface area contributed by atoms with Gasteiger partial charge < -0.3 is 9.67 Å². The fraction of sp³-hybridized carbons (Fsp3) is 0.385. The van der Waals surface area contributed by atoms with Gasteiger partial charge in [0, 0.05) is 11.6 Å². The zero-order chi connectivity index (χ0) is 11.8. The van der Waals surface area contributed by atoms with Crippen LogP contribution in [0.4, 0.5) is 0 Å². The van der Waals surface area contributed by atoms with Crippen LogP contribution < -0.4 is 0 Å². The summed E-state index contributed by atoms with van der Waals surface area (Å²) in [6.45, 7) is 2.02. The Hall–Kier alpha value is -1.68. The van der Waals surface area contributed by atoms with Crippen molar-refractivity contribution in [2.75, 3.05) is 0 Å². The number of aliphatic hydroxyl groups is 1. The zero-order valence-corrected chi connectivity index (χ0v) is 9.80. The molecule has 88 valence electrons. The van der Waals surface area contributed by atoms with E-state index in [-0.39, 0.29) is 6.61 Å². The van der Waals surface area contributed by atoms with Gasteiger partial charge in [0.15, 0.2) is 11.6 Å². The first-order chi connectivity index (χ1) is 8.29. The maximum absolute atomic E-state index is 9.29. The predicted octanol–water partition coefficient (Wildman–Crippen LogP) is 2.08. The van der Waals surface area contributed by atoms with Crippen LogP contribution >= 0.6 is 0 Å². The van der Waals surface area contributed by atoms with Crippen LogP contribution in [0.1, 0.15) is 30.3 Å². The molecule has 17 heavy (non-hydrogen) atoms. The summed E-state index contributed by atoms with van der Waals surface area (Å²) in [4.78, 5) is 0. The monoisotopic (exact) mass is 229 g/mol. The summed E-state index contributed by atoms with van der Waals surface area (Å²) >= 11 is 0. The molecular weight excluding hydrogens is 214 g/mol. The normalized spacial score (nSPS) is 15.2. The number of hydrogen-bond acceptors (Lipinski definition) is 3. The summed E-state index contributed by atoms with van der Waals surface area (Å²) in [6.07, 6.45) is 2.31. The van der Waals surface area contributed by atoms with E-state index < -0.39 is 0 Å². The molecule has 0 atom stereocenters. The molecule has 1 fully saturated rings. The molecule has 0 amide bonds. The number of aromatic nitrogens is 3. The average Bonchev–Trinajstić information content (AvgIpc) is 3.08. The Morgan fingerprint density at radius 3 is 2.82 bits per heavy atom. The van der Waals surface area contributed by atoms with Crippen molar-refractivity contribution in [3.05, 3.63) is 35.7 Å². The first-order valence-electron chi connectivity index (χ1n) is 5.91. The van der Waals surface area contributed by atoms with Crippen molar-refractivity contribution in [2.45, 2.75) is 32.4 Å². The molecule has 0 radical (unpaired) electrons. The molecule has 0 unspecified atom stereocenters. The smallest absolute Gasteiger partial charge is 0.164 e. The van der Waals surface area contributed by atoms with Gasteiger partial charge in [-0.15, -0.1) is 10.2 Å². The minimum Gasteiger partial charge on any atom is -0.388 e. The first kappa shape index (κ1) is 10.5. The second-order valence-corrected chi connectivity index (χ2v) is 4.57. The van der Waals surface area contributed by atoms with E-state index >= 15 is 0 Å². The molecule has 0 bridgehead atoms. The van der Waals surface area contributed by atoms with E-state index in [1.807, 2.05) is 12.1 Å². The van der Waals surface area contributed by atoms with Crippen molar-refractivity contribution in [3.63, 3.8) is 0 Å². The largest absolute Gasteiger partial charge is 0.388 e. The zero-order valence-electron chi connectivity index (χ0n) is 9.80. The van der Waals surface area contributed by atoms with Gasteiger partial charge in [0.05, 0.1) is 0 Å². The topological polar surface area (TPSA) is 50.9 Å². The van der Waals surface area contributed by atoms with Crippen LogP contribution in [0, 0.1) is 6.92 Å². The van der Waals surface area contributed by atoms with E-state index in [4.69, 9.17) is 0 Å². The molecule has 1 heterocycles. The first-order valence-corrected chi connectivity index (χ1v) is 5.91. The summed E-state index contributed by atoms with van der Waals surface area (Å²) in [5, 5.41) is 17.6. The van der Waals surface area contributed by atoms with E-state index in [0.717, 1.165) is 24.2 Å². The second kappa shape index (κ2) is 3.96. The average molecular weight is 229 g/mol. The van der Waals surface area contributed by atoms with E-state index in [0.29, 0.717) is 11.9 Å². The molecule has 2 aromatic rings. The molecule has 1 aliphatic rings. The Morgan fingerprint density at radius 1 is 1.35 bits per heavy atom. The van der Waals surface area contributed by atoms with Gasteiger partial charge in [-0.1, -0.05) is 23.8 Å². The van der Waals surface area contributed by atoms with E-state index in [1.165, 1.54) is 5.56 Å². The summed E-state index contributed by atoms with van der Waals surface area (Å²) in [5.41, 5.74) is 2.28. The molecule has 0 saturated heterocycles. The van der Waals surface area contributed by atoms with Crippen LogP contribution in [0.3, 0.4) is 0 Å². The highest BCUT2D eigenvalue weighted by atomic mass is 16.3. The fourth-order valence-corrected chi connectivity index (χ4v) is 2.13. The lowest BCUT2D eigenvalue weighted by molar-refractivity contribution is 0.265. The van der Waals surface area contributed by atoms with Crippen LogP contribution in [0.2, 0.25) is 0 Å². The molecule has 1 aromatic heterocycles. The van der Waals surface area contributed by atoms with Gasteiger partial charge in [0.1, 0.15) is 6.61 Å². The molecule has 3 rings (SSSR count).